The first kappa shape index (κ1) is 27.7. The van der Waals surface area contributed by atoms with E-state index in [4.69, 9.17) is 9.79 Å². The zero-order valence-electron chi connectivity index (χ0n) is 19.8. The smallest absolute Gasteiger partial charge is 0.324 e. The lowest BCUT2D eigenvalue weighted by atomic mass is 9.86. The largest absolute Gasteiger partial charge is 0.325 e. The third kappa shape index (κ3) is 11.4. The molecule has 0 saturated carbocycles. The SMILES string of the molecule is Cc1ccc(CC(CCCCCCCNCCCP(=O)(O)O)c2cc(F)cc(F)c2)cc1C. The van der Waals surface area contributed by atoms with Crippen LogP contribution in [0.4, 0.5) is 8.78 Å². The van der Waals surface area contributed by atoms with Crippen molar-refractivity contribution >= 4 is 7.60 Å². The van der Waals surface area contributed by atoms with E-state index in [1.54, 1.807) is 0 Å². The quantitative estimate of drug-likeness (QED) is 0.203. The van der Waals surface area contributed by atoms with E-state index >= 15 is 0 Å². The van der Waals surface area contributed by atoms with Gasteiger partial charge in [0.1, 0.15) is 11.6 Å². The number of hydrogen-bond acceptors (Lipinski definition) is 2. The molecule has 4 nitrogen and oxygen atoms in total. The molecule has 1 atom stereocenters. The van der Waals surface area contributed by atoms with Gasteiger partial charge in [0.15, 0.2) is 0 Å². The van der Waals surface area contributed by atoms with Crippen molar-refractivity contribution in [3.05, 3.63) is 70.3 Å². The normalized spacial score (nSPS) is 12.8. The maximum atomic E-state index is 13.9. The van der Waals surface area contributed by atoms with E-state index in [2.05, 4.69) is 37.4 Å². The number of halogens is 2. The van der Waals surface area contributed by atoms with E-state index in [9.17, 15) is 13.3 Å². The second-order valence-electron chi connectivity index (χ2n) is 9.07. The molecule has 0 aromatic heterocycles. The van der Waals surface area contributed by atoms with Crippen LogP contribution in [-0.2, 0) is 11.0 Å². The molecule has 184 valence electrons. The summed E-state index contributed by atoms with van der Waals surface area (Å²) in [6, 6.07) is 10.2. The molecular formula is C26H38F2NO3P. The Bertz CT molecular complexity index is 896. The van der Waals surface area contributed by atoms with Gasteiger partial charge >= 0.3 is 7.60 Å². The van der Waals surface area contributed by atoms with E-state index in [1.165, 1.54) is 28.8 Å². The maximum absolute atomic E-state index is 13.9. The molecule has 0 saturated heterocycles. The highest BCUT2D eigenvalue weighted by Crippen LogP contribution is 2.34. The van der Waals surface area contributed by atoms with Crippen molar-refractivity contribution in [2.75, 3.05) is 19.3 Å². The summed E-state index contributed by atoms with van der Waals surface area (Å²) in [5.41, 5.74) is 4.39. The Morgan fingerprint density at radius 1 is 0.848 bits per heavy atom. The van der Waals surface area contributed by atoms with Gasteiger partial charge in [0, 0.05) is 6.07 Å². The zero-order chi connectivity index (χ0) is 24.3. The highest BCUT2D eigenvalue weighted by atomic mass is 31.2. The van der Waals surface area contributed by atoms with Crippen molar-refractivity contribution in [2.45, 2.75) is 71.1 Å². The van der Waals surface area contributed by atoms with Crippen LogP contribution in [-0.4, -0.2) is 29.0 Å². The van der Waals surface area contributed by atoms with Crippen molar-refractivity contribution in [3.8, 4) is 0 Å². The van der Waals surface area contributed by atoms with Gasteiger partial charge in [-0.1, -0.05) is 43.9 Å². The molecule has 0 aliphatic carbocycles. The average Bonchev–Trinajstić information content (AvgIpc) is 2.72. The van der Waals surface area contributed by atoms with Gasteiger partial charge in [-0.15, -0.1) is 0 Å². The van der Waals surface area contributed by atoms with Gasteiger partial charge in [-0.05, 0) is 92.9 Å². The fourth-order valence-electron chi connectivity index (χ4n) is 4.12. The molecule has 2 rings (SSSR count). The Labute approximate surface area is 197 Å². The Balaban J connectivity index is 1.76. The molecule has 2 aromatic rings. The molecule has 7 heteroatoms. The summed E-state index contributed by atoms with van der Waals surface area (Å²) in [5, 5.41) is 3.22. The van der Waals surface area contributed by atoms with Crippen LogP contribution in [0, 0.1) is 25.5 Å². The maximum Gasteiger partial charge on any atom is 0.325 e. The molecule has 0 bridgehead atoms. The van der Waals surface area contributed by atoms with Gasteiger partial charge in [-0.2, -0.15) is 0 Å². The van der Waals surface area contributed by atoms with Crippen LogP contribution < -0.4 is 5.32 Å². The molecule has 0 spiro atoms. The molecule has 2 aromatic carbocycles. The Kier molecular flexibility index (Phi) is 11.7. The monoisotopic (exact) mass is 481 g/mol. The van der Waals surface area contributed by atoms with Crippen molar-refractivity contribution in [3.63, 3.8) is 0 Å². The number of hydrogen-bond donors (Lipinski definition) is 3. The van der Waals surface area contributed by atoms with Gasteiger partial charge in [0.2, 0.25) is 0 Å². The lowest BCUT2D eigenvalue weighted by molar-refractivity contribution is 0.371. The predicted molar refractivity (Wildman–Crippen MR) is 131 cm³/mol. The summed E-state index contributed by atoms with van der Waals surface area (Å²) in [6.45, 7) is 5.63. The van der Waals surface area contributed by atoms with Crippen LogP contribution in [0.3, 0.4) is 0 Å². The van der Waals surface area contributed by atoms with Crippen LogP contribution in [0.5, 0.6) is 0 Å². The fraction of sp³-hybridized carbons (Fsp3) is 0.538. The van der Waals surface area contributed by atoms with Crippen molar-refractivity contribution < 1.29 is 23.1 Å². The molecule has 33 heavy (non-hydrogen) atoms. The first-order valence-corrected chi connectivity index (χ1v) is 13.7. The summed E-state index contributed by atoms with van der Waals surface area (Å²) < 4.78 is 38.5. The lowest BCUT2D eigenvalue weighted by Gasteiger charge is -2.19. The second kappa shape index (κ2) is 14.0. The third-order valence-corrected chi connectivity index (χ3v) is 7.02. The van der Waals surface area contributed by atoms with Crippen LogP contribution in [0.25, 0.3) is 0 Å². The van der Waals surface area contributed by atoms with Gasteiger partial charge in [-0.3, -0.25) is 4.57 Å². The van der Waals surface area contributed by atoms with Gasteiger partial charge in [-0.25, -0.2) is 8.78 Å². The van der Waals surface area contributed by atoms with E-state index < -0.39 is 19.2 Å². The van der Waals surface area contributed by atoms with Crippen LogP contribution >= 0.6 is 7.60 Å². The first-order valence-electron chi connectivity index (χ1n) is 11.9. The Morgan fingerprint density at radius 3 is 2.15 bits per heavy atom. The average molecular weight is 482 g/mol. The van der Waals surface area contributed by atoms with Gasteiger partial charge in [0.05, 0.1) is 6.16 Å². The summed E-state index contributed by atoms with van der Waals surface area (Å²) in [4.78, 5) is 17.7. The van der Waals surface area contributed by atoms with E-state index in [1.807, 2.05) is 0 Å². The van der Waals surface area contributed by atoms with E-state index in [0.717, 1.165) is 63.1 Å². The second-order valence-corrected chi connectivity index (χ2v) is 10.8. The molecule has 1 unspecified atom stereocenters. The summed E-state index contributed by atoms with van der Waals surface area (Å²) in [5.74, 6) is -0.972. The zero-order valence-corrected chi connectivity index (χ0v) is 20.7. The Hall–Kier alpha value is -1.59. The number of benzene rings is 2. The predicted octanol–water partition coefficient (Wildman–Crippen LogP) is 6.41. The summed E-state index contributed by atoms with van der Waals surface area (Å²) in [7, 11) is -3.88. The molecule has 0 aliphatic heterocycles. The number of nitrogens with one attached hydrogen (secondary N) is 1. The fourth-order valence-corrected chi connectivity index (χ4v) is 4.69. The van der Waals surface area contributed by atoms with E-state index in [0.29, 0.717) is 13.0 Å². The summed E-state index contributed by atoms with van der Waals surface area (Å²) in [6.07, 6.45) is 7.34. The van der Waals surface area contributed by atoms with E-state index in [-0.39, 0.29) is 12.1 Å². The minimum atomic E-state index is -3.88. The molecule has 0 fully saturated rings. The first-order chi connectivity index (χ1) is 15.6. The standard InChI is InChI=1S/C26H38F2NO3P/c1-20-10-11-22(15-21(20)2)16-23(24-17-25(27)19-26(28)18-24)9-6-4-3-5-7-12-29-13-8-14-33(30,31)32/h10-11,15,17-19,23,29H,3-9,12-14,16H2,1-2H3,(H2,30,31,32). The minimum absolute atomic E-state index is 0.0709. The molecular weight excluding hydrogens is 443 g/mol. The molecule has 0 heterocycles. The number of rotatable bonds is 15. The lowest BCUT2D eigenvalue weighted by Crippen LogP contribution is -2.17. The Morgan fingerprint density at radius 2 is 1.48 bits per heavy atom. The highest BCUT2D eigenvalue weighted by Gasteiger charge is 2.15. The topological polar surface area (TPSA) is 69.6 Å². The molecule has 3 N–H and O–H groups in total. The van der Waals surface area contributed by atoms with Crippen molar-refractivity contribution in [2.24, 2.45) is 0 Å². The highest BCUT2D eigenvalue weighted by molar-refractivity contribution is 7.51. The van der Waals surface area contributed by atoms with Crippen molar-refractivity contribution in [1.29, 1.82) is 0 Å². The molecule has 0 amide bonds. The van der Waals surface area contributed by atoms with Crippen LogP contribution in [0.2, 0.25) is 0 Å². The molecule has 0 radical (unpaired) electrons. The van der Waals surface area contributed by atoms with Gasteiger partial charge in [0.25, 0.3) is 0 Å². The third-order valence-electron chi connectivity index (χ3n) is 6.12. The number of aryl methyl sites for hydroxylation is 2. The number of unbranched alkanes of at least 4 members (excludes halogenated alkanes) is 4. The van der Waals surface area contributed by atoms with Crippen LogP contribution in [0.15, 0.2) is 36.4 Å². The minimum Gasteiger partial charge on any atom is -0.324 e. The summed E-state index contributed by atoms with van der Waals surface area (Å²) >= 11 is 0. The molecule has 0 aliphatic rings. The van der Waals surface area contributed by atoms with Gasteiger partial charge < -0.3 is 15.1 Å². The van der Waals surface area contributed by atoms with Crippen LogP contribution in [0.1, 0.15) is 73.1 Å². The van der Waals surface area contributed by atoms with Crippen molar-refractivity contribution in [1.82, 2.24) is 5.32 Å².